The van der Waals surface area contributed by atoms with Crippen molar-refractivity contribution in [2.75, 3.05) is 40.9 Å². The summed E-state index contributed by atoms with van der Waals surface area (Å²) in [5.74, 6) is -0.139. The van der Waals surface area contributed by atoms with E-state index in [4.69, 9.17) is 9.05 Å². The normalized spacial score (nSPS) is 13.8. The molecule has 79 heavy (non-hydrogen) atoms. The Labute approximate surface area is 494 Å². The van der Waals surface area contributed by atoms with E-state index in [1.807, 2.05) is 21.1 Å². The molecule has 1 amide bonds. The minimum atomic E-state index is -4.33. The van der Waals surface area contributed by atoms with Gasteiger partial charge in [-0.15, -0.1) is 0 Å². The molecule has 0 spiro atoms. The quantitative estimate of drug-likeness (QED) is 0.0243. The number of carbonyl (C=O) groups excluding carboxylic acids is 1. The second-order valence-corrected chi connectivity index (χ2v) is 27.1. The number of aliphatic hydroxyl groups excluding tert-OH is 1. The van der Waals surface area contributed by atoms with E-state index >= 15 is 0 Å². The van der Waals surface area contributed by atoms with Gasteiger partial charge >= 0.3 is 7.82 Å². The Bertz CT molecular complexity index is 1340. The number of phosphoric acid groups is 1. The van der Waals surface area contributed by atoms with Gasteiger partial charge in [0.15, 0.2) is 0 Å². The third-order valence-corrected chi connectivity index (χ3v) is 17.4. The molecule has 0 aromatic carbocycles. The van der Waals surface area contributed by atoms with Gasteiger partial charge in [-0.05, 0) is 44.9 Å². The van der Waals surface area contributed by atoms with Crippen LogP contribution in [0.4, 0.5) is 0 Å². The molecule has 0 saturated heterocycles. The number of phosphoric ester groups is 1. The number of allylic oxidation sites excluding steroid dienone is 4. The SMILES string of the molecule is CCCCCCC/C=C\C/C=C\CCCCCCCCCCCCCCCC(=O)NC(COP(=O)(O)OCC[N+](C)(C)C)C(O)CCCCCCCCCCCCCCCCCCCCCCCCCCCCCCCCCC. The third kappa shape index (κ3) is 64.4. The summed E-state index contributed by atoms with van der Waals surface area (Å²) in [7, 11) is 1.63. The first-order valence-electron chi connectivity index (χ1n) is 35.2. The number of aliphatic hydroxyl groups is 1. The molecule has 0 saturated carbocycles. The molecule has 0 rings (SSSR count). The van der Waals surface area contributed by atoms with Crippen LogP contribution in [-0.4, -0.2) is 73.4 Å². The maximum atomic E-state index is 13.1. The monoisotopic (exact) mass is 1140 g/mol. The molecule has 3 unspecified atom stereocenters. The highest BCUT2D eigenvalue weighted by molar-refractivity contribution is 7.47. The van der Waals surface area contributed by atoms with Crippen LogP contribution in [0.3, 0.4) is 0 Å². The number of hydrogen-bond acceptors (Lipinski definition) is 5. The predicted octanol–water partition coefficient (Wildman–Crippen LogP) is 22.3. The van der Waals surface area contributed by atoms with E-state index in [2.05, 4.69) is 43.5 Å². The van der Waals surface area contributed by atoms with Crippen molar-refractivity contribution in [3.63, 3.8) is 0 Å². The molecule has 0 bridgehead atoms. The van der Waals surface area contributed by atoms with Gasteiger partial charge in [0, 0.05) is 6.42 Å². The van der Waals surface area contributed by atoms with Crippen LogP contribution in [0, 0.1) is 0 Å². The third-order valence-electron chi connectivity index (χ3n) is 16.5. The summed E-state index contributed by atoms with van der Waals surface area (Å²) < 4.78 is 23.9. The molecule has 0 aromatic rings. The first-order chi connectivity index (χ1) is 38.5. The lowest BCUT2D eigenvalue weighted by atomic mass is 10.0. The highest BCUT2D eigenvalue weighted by atomic mass is 31.2. The zero-order valence-electron chi connectivity index (χ0n) is 53.9. The second kappa shape index (κ2) is 61.5. The van der Waals surface area contributed by atoms with Crippen LogP contribution in [0.2, 0.25) is 0 Å². The van der Waals surface area contributed by atoms with Crippen molar-refractivity contribution in [1.82, 2.24) is 5.32 Å². The van der Waals surface area contributed by atoms with Crippen molar-refractivity contribution >= 4 is 13.7 Å². The fourth-order valence-corrected chi connectivity index (χ4v) is 11.7. The topological polar surface area (TPSA) is 105 Å². The van der Waals surface area contributed by atoms with Crippen molar-refractivity contribution < 1.29 is 32.9 Å². The van der Waals surface area contributed by atoms with Gasteiger partial charge in [0.25, 0.3) is 0 Å². The average molecular weight is 1140 g/mol. The summed E-state index contributed by atoms with van der Waals surface area (Å²) in [6.45, 7) is 4.94. The molecule has 0 aliphatic rings. The number of nitrogens with one attached hydrogen (secondary N) is 1. The van der Waals surface area contributed by atoms with E-state index < -0.39 is 20.0 Å². The molecular weight excluding hydrogens is 996 g/mol. The summed E-state index contributed by atoms with van der Waals surface area (Å²) in [4.78, 5) is 23.5. The first kappa shape index (κ1) is 78.0. The second-order valence-electron chi connectivity index (χ2n) is 25.6. The number of amides is 1. The Morgan fingerprint density at radius 1 is 0.430 bits per heavy atom. The number of nitrogens with zero attached hydrogens (tertiary/aromatic N) is 1. The van der Waals surface area contributed by atoms with Gasteiger partial charge in [-0.25, -0.2) is 4.57 Å². The molecule has 8 nitrogen and oxygen atoms in total. The zero-order chi connectivity index (χ0) is 57.7. The molecule has 470 valence electrons. The van der Waals surface area contributed by atoms with Gasteiger partial charge in [-0.3, -0.25) is 13.8 Å². The number of carbonyl (C=O) groups is 1. The largest absolute Gasteiger partial charge is 0.472 e. The van der Waals surface area contributed by atoms with E-state index in [9.17, 15) is 19.4 Å². The highest BCUT2D eigenvalue weighted by Crippen LogP contribution is 2.43. The van der Waals surface area contributed by atoms with Gasteiger partial charge < -0.3 is 19.8 Å². The smallest absolute Gasteiger partial charge is 0.391 e. The van der Waals surface area contributed by atoms with Crippen LogP contribution < -0.4 is 5.32 Å². The minimum absolute atomic E-state index is 0.0765. The van der Waals surface area contributed by atoms with Crippen molar-refractivity contribution in [3.8, 4) is 0 Å². The lowest BCUT2D eigenvalue weighted by molar-refractivity contribution is -0.870. The van der Waals surface area contributed by atoms with Crippen molar-refractivity contribution in [2.24, 2.45) is 0 Å². The lowest BCUT2D eigenvalue weighted by Gasteiger charge is -2.26. The molecule has 3 N–H and O–H groups in total. The zero-order valence-corrected chi connectivity index (χ0v) is 54.8. The van der Waals surface area contributed by atoms with Crippen LogP contribution in [-0.2, 0) is 18.4 Å². The van der Waals surface area contributed by atoms with Crippen LogP contribution in [0.15, 0.2) is 24.3 Å². The number of quaternary nitrogens is 1. The molecule has 0 heterocycles. The molecule has 0 radical (unpaired) electrons. The molecule has 0 aliphatic heterocycles. The van der Waals surface area contributed by atoms with Crippen LogP contribution in [0.1, 0.15) is 367 Å². The molecule has 0 aromatic heterocycles. The Morgan fingerprint density at radius 3 is 1.04 bits per heavy atom. The van der Waals surface area contributed by atoms with Crippen LogP contribution in [0.25, 0.3) is 0 Å². The maximum absolute atomic E-state index is 13.1. The number of rotatable bonds is 66. The van der Waals surface area contributed by atoms with E-state index in [1.54, 1.807) is 0 Å². The van der Waals surface area contributed by atoms with Gasteiger partial charge in [0.2, 0.25) is 5.91 Å². The molecule has 0 fully saturated rings. The number of hydrogen-bond donors (Lipinski definition) is 3. The minimum Gasteiger partial charge on any atom is -0.391 e. The lowest BCUT2D eigenvalue weighted by Crippen LogP contribution is -2.46. The van der Waals surface area contributed by atoms with E-state index in [1.165, 1.54) is 295 Å². The predicted molar refractivity (Wildman–Crippen MR) is 346 cm³/mol. The standard InChI is InChI=1S/C70H139N2O6P/c1-6-8-10-12-14-16-18-20-22-24-26-28-30-32-33-34-35-36-37-38-40-41-43-45-47-49-51-53-55-57-59-61-63-69(73)68(67-78-79(75,76)77-66-65-72(3,4)5)71-70(74)64-62-60-58-56-54-52-50-48-46-44-42-39-31-29-27-25-23-21-19-17-15-13-11-9-7-2/h19,21,25,27,68-69,73H,6-18,20,22-24,26,28-67H2,1-5H3,(H-,71,74,75,76)/p+1/b21-19-,27-25-. The molecule has 9 heteroatoms. The van der Waals surface area contributed by atoms with Crippen LogP contribution in [0.5, 0.6) is 0 Å². The van der Waals surface area contributed by atoms with Crippen molar-refractivity contribution in [1.29, 1.82) is 0 Å². The average Bonchev–Trinajstić information content (AvgIpc) is 3.42. The highest BCUT2D eigenvalue weighted by Gasteiger charge is 2.28. The van der Waals surface area contributed by atoms with Gasteiger partial charge in [-0.1, -0.05) is 340 Å². The van der Waals surface area contributed by atoms with Crippen molar-refractivity contribution in [2.45, 2.75) is 379 Å². The summed E-state index contributed by atoms with van der Waals surface area (Å²) in [5, 5.41) is 14.2. The van der Waals surface area contributed by atoms with E-state index in [0.717, 1.165) is 44.9 Å². The van der Waals surface area contributed by atoms with Gasteiger partial charge in [-0.2, -0.15) is 0 Å². The number of likely N-dealkylation sites (N-methyl/N-ethyl adjacent to an activating group) is 1. The van der Waals surface area contributed by atoms with Crippen LogP contribution >= 0.6 is 7.82 Å². The van der Waals surface area contributed by atoms with Gasteiger partial charge in [0.05, 0.1) is 39.9 Å². The van der Waals surface area contributed by atoms with Gasteiger partial charge in [0.1, 0.15) is 13.2 Å². The Balaban J connectivity index is 4.00. The molecular formula is C70H140N2O6P+. The fourth-order valence-electron chi connectivity index (χ4n) is 11.0. The van der Waals surface area contributed by atoms with E-state index in [0.29, 0.717) is 23.9 Å². The summed E-state index contributed by atoms with van der Waals surface area (Å²) in [6.07, 6.45) is 80.0. The summed E-state index contributed by atoms with van der Waals surface area (Å²) in [5.41, 5.74) is 0. The molecule has 0 aliphatic carbocycles. The maximum Gasteiger partial charge on any atom is 0.472 e. The fraction of sp³-hybridized carbons (Fsp3) is 0.929. The summed E-state index contributed by atoms with van der Waals surface area (Å²) >= 11 is 0. The number of unbranched alkanes of at least 4 members (excludes halogenated alkanes) is 49. The van der Waals surface area contributed by atoms with Crippen molar-refractivity contribution in [3.05, 3.63) is 24.3 Å². The Kier molecular flexibility index (Phi) is 60.7. The summed E-state index contributed by atoms with van der Waals surface area (Å²) in [6, 6.07) is -0.761. The van der Waals surface area contributed by atoms with E-state index in [-0.39, 0.29) is 19.1 Å². The first-order valence-corrected chi connectivity index (χ1v) is 36.7. The molecule has 3 atom stereocenters. The Morgan fingerprint density at radius 2 is 0.722 bits per heavy atom. The Hall–Kier alpha value is -1.02.